The van der Waals surface area contributed by atoms with Crippen LogP contribution in [0.2, 0.25) is 0 Å². The fourth-order valence-electron chi connectivity index (χ4n) is 1.93. The number of nitrogens with two attached hydrogens (primary N) is 1. The van der Waals surface area contributed by atoms with Crippen molar-refractivity contribution in [1.82, 2.24) is 5.43 Å². The summed E-state index contributed by atoms with van der Waals surface area (Å²) >= 11 is 0. The molecule has 2 atom stereocenters. The van der Waals surface area contributed by atoms with Crippen LogP contribution in [0.1, 0.15) is 33.6 Å². The number of primary amides is 1. The Balaban J connectivity index is 2.56. The lowest BCUT2D eigenvalue weighted by Gasteiger charge is -2.11. The first-order chi connectivity index (χ1) is 6.50. The molecule has 14 heavy (non-hydrogen) atoms. The summed E-state index contributed by atoms with van der Waals surface area (Å²) in [6.07, 6.45) is 2.15. The predicted octanol–water partition coefficient (Wildman–Crippen LogP) is 1.71. The van der Waals surface area contributed by atoms with Gasteiger partial charge in [0.05, 0.1) is 0 Å². The van der Waals surface area contributed by atoms with Crippen molar-refractivity contribution in [2.75, 3.05) is 0 Å². The topological polar surface area (TPSA) is 67.5 Å². The molecular formula is C10H19N3O. The molecule has 1 saturated carbocycles. The molecule has 0 aliphatic heterocycles. The summed E-state index contributed by atoms with van der Waals surface area (Å²) in [5, 5.41) is 4.03. The minimum Gasteiger partial charge on any atom is -0.350 e. The molecule has 1 aliphatic rings. The Morgan fingerprint density at radius 1 is 1.64 bits per heavy atom. The lowest BCUT2D eigenvalue weighted by atomic mass is 9.94. The molecule has 0 aromatic heterocycles. The molecule has 2 unspecified atom stereocenters. The van der Waals surface area contributed by atoms with Gasteiger partial charge in [-0.15, -0.1) is 0 Å². The molecule has 0 saturated heterocycles. The van der Waals surface area contributed by atoms with Crippen LogP contribution in [0.3, 0.4) is 0 Å². The van der Waals surface area contributed by atoms with Gasteiger partial charge in [0.25, 0.3) is 0 Å². The van der Waals surface area contributed by atoms with Gasteiger partial charge in [-0.1, -0.05) is 20.8 Å². The maximum atomic E-state index is 10.5. The molecule has 1 rings (SSSR count). The predicted molar refractivity (Wildman–Crippen MR) is 56.9 cm³/mol. The molecule has 1 aliphatic carbocycles. The maximum absolute atomic E-state index is 10.5. The van der Waals surface area contributed by atoms with Crippen LogP contribution in [-0.2, 0) is 0 Å². The van der Waals surface area contributed by atoms with E-state index < -0.39 is 6.03 Å². The second kappa shape index (κ2) is 4.44. The van der Waals surface area contributed by atoms with Gasteiger partial charge in [-0.2, -0.15) is 5.10 Å². The summed E-state index contributed by atoms with van der Waals surface area (Å²) in [6.45, 7) is 6.59. The van der Waals surface area contributed by atoms with Gasteiger partial charge >= 0.3 is 6.03 Å². The van der Waals surface area contributed by atoms with Crippen LogP contribution < -0.4 is 11.2 Å². The Kier molecular flexibility index (Phi) is 3.49. The van der Waals surface area contributed by atoms with Crippen LogP contribution in [0, 0.1) is 17.8 Å². The van der Waals surface area contributed by atoms with Crippen LogP contribution in [0.15, 0.2) is 5.10 Å². The van der Waals surface area contributed by atoms with Gasteiger partial charge in [-0.3, -0.25) is 0 Å². The quantitative estimate of drug-likeness (QED) is 0.650. The number of nitrogens with zero attached hydrogens (tertiary/aromatic N) is 1. The van der Waals surface area contributed by atoms with E-state index in [0.717, 1.165) is 18.6 Å². The van der Waals surface area contributed by atoms with E-state index in [-0.39, 0.29) is 0 Å². The third-order valence-corrected chi connectivity index (χ3v) is 2.95. The van der Waals surface area contributed by atoms with Gasteiger partial charge in [0.15, 0.2) is 0 Å². The highest BCUT2D eigenvalue weighted by Gasteiger charge is 2.29. The molecule has 4 nitrogen and oxygen atoms in total. The lowest BCUT2D eigenvalue weighted by molar-refractivity contribution is 0.249. The molecule has 0 spiro atoms. The van der Waals surface area contributed by atoms with Crippen LogP contribution in [0.25, 0.3) is 0 Å². The van der Waals surface area contributed by atoms with Crippen molar-refractivity contribution in [2.24, 2.45) is 28.6 Å². The fourth-order valence-corrected chi connectivity index (χ4v) is 1.93. The van der Waals surface area contributed by atoms with E-state index in [0.29, 0.717) is 17.8 Å². The first-order valence-corrected chi connectivity index (χ1v) is 5.12. The molecule has 2 amide bonds. The van der Waals surface area contributed by atoms with Crippen LogP contribution in [0.5, 0.6) is 0 Å². The number of hydrogen-bond acceptors (Lipinski definition) is 2. The number of carbonyl (C=O) groups is 1. The maximum Gasteiger partial charge on any atom is 0.332 e. The largest absolute Gasteiger partial charge is 0.350 e. The summed E-state index contributed by atoms with van der Waals surface area (Å²) in [5.74, 6) is 1.84. The first kappa shape index (κ1) is 11.0. The summed E-state index contributed by atoms with van der Waals surface area (Å²) in [5.41, 5.74) is 8.33. The summed E-state index contributed by atoms with van der Waals surface area (Å²) in [6, 6.07) is -0.585. The van der Waals surface area contributed by atoms with Crippen molar-refractivity contribution < 1.29 is 4.79 Å². The number of rotatable bonds is 2. The molecule has 1 fully saturated rings. The molecule has 0 bridgehead atoms. The molecule has 0 radical (unpaired) electrons. The number of hydrazone groups is 1. The number of urea groups is 1. The van der Waals surface area contributed by atoms with Crippen molar-refractivity contribution >= 4 is 11.7 Å². The van der Waals surface area contributed by atoms with Crippen molar-refractivity contribution in [3.8, 4) is 0 Å². The molecule has 4 heteroatoms. The highest BCUT2D eigenvalue weighted by molar-refractivity contribution is 5.89. The molecule has 0 aromatic rings. The Morgan fingerprint density at radius 2 is 2.29 bits per heavy atom. The van der Waals surface area contributed by atoms with Gasteiger partial charge in [0, 0.05) is 5.71 Å². The smallest absolute Gasteiger partial charge is 0.332 e. The summed E-state index contributed by atoms with van der Waals surface area (Å²) < 4.78 is 0. The average molecular weight is 197 g/mol. The Bertz CT molecular complexity index is 248. The molecule has 80 valence electrons. The average Bonchev–Trinajstić information content (AvgIpc) is 2.43. The van der Waals surface area contributed by atoms with E-state index in [2.05, 4.69) is 31.3 Å². The Hall–Kier alpha value is -1.06. The van der Waals surface area contributed by atoms with Gasteiger partial charge in [0.1, 0.15) is 0 Å². The minimum atomic E-state index is -0.585. The van der Waals surface area contributed by atoms with Crippen LogP contribution >= 0.6 is 0 Å². The van der Waals surface area contributed by atoms with Crippen molar-refractivity contribution in [2.45, 2.75) is 33.6 Å². The normalized spacial score (nSPS) is 29.9. The summed E-state index contributed by atoms with van der Waals surface area (Å²) in [7, 11) is 0. The molecule has 0 aromatic carbocycles. The standard InChI is InChI=1S/C10H19N3O/c1-6(2)8-4-7(3)9(5-8)12-13-10(11)14/h6-8H,4-5H2,1-3H3,(H3,11,13,14)/b12-9+. The molecule has 0 heterocycles. The van der Waals surface area contributed by atoms with Gasteiger partial charge < -0.3 is 5.73 Å². The van der Waals surface area contributed by atoms with E-state index in [9.17, 15) is 4.79 Å². The minimum absolute atomic E-state index is 0.467. The van der Waals surface area contributed by atoms with Gasteiger partial charge in [-0.05, 0) is 30.6 Å². The molecular weight excluding hydrogens is 178 g/mol. The van der Waals surface area contributed by atoms with E-state index in [1.54, 1.807) is 0 Å². The zero-order chi connectivity index (χ0) is 10.7. The van der Waals surface area contributed by atoms with Gasteiger partial charge in [0.2, 0.25) is 0 Å². The van der Waals surface area contributed by atoms with Gasteiger partial charge in [-0.25, -0.2) is 10.2 Å². The second-order valence-electron chi connectivity index (χ2n) is 4.42. The summed E-state index contributed by atoms with van der Waals surface area (Å²) in [4.78, 5) is 10.5. The van der Waals surface area contributed by atoms with Crippen molar-refractivity contribution in [3.05, 3.63) is 0 Å². The fraction of sp³-hybridized carbons (Fsp3) is 0.800. The Labute approximate surface area is 84.9 Å². The number of amides is 2. The third kappa shape index (κ3) is 2.72. The highest BCUT2D eigenvalue weighted by atomic mass is 16.2. The second-order valence-corrected chi connectivity index (χ2v) is 4.42. The zero-order valence-electron chi connectivity index (χ0n) is 9.08. The van der Waals surface area contributed by atoms with E-state index >= 15 is 0 Å². The monoisotopic (exact) mass is 197 g/mol. The van der Waals surface area contributed by atoms with Crippen LogP contribution in [0.4, 0.5) is 4.79 Å². The van der Waals surface area contributed by atoms with E-state index in [1.807, 2.05) is 0 Å². The van der Waals surface area contributed by atoms with Crippen molar-refractivity contribution in [1.29, 1.82) is 0 Å². The zero-order valence-corrected chi connectivity index (χ0v) is 9.08. The van der Waals surface area contributed by atoms with E-state index in [4.69, 9.17) is 5.73 Å². The SMILES string of the molecule is CC1CC(C(C)C)C/C1=N\NC(N)=O. The first-order valence-electron chi connectivity index (χ1n) is 5.12. The number of carbonyl (C=O) groups excluding carboxylic acids is 1. The highest BCUT2D eigenvalue weighted by Crippen LogP contribution is 2.33. The number of hydrogen-bond donors (Lipinski definition) is 2. The number of nitrogens with one attached hydrogen (secondary N) is 1. The van der Waals surface area contributed by atoms with Crippen LogP contribution in [-0.4, -0.2) is 11.7 Å². The van der Waals surface area contributed by atoms with Crippen molar-refractivity contribution in [3.63, 3.8) is 0 Å². The molecule has 3 N–H and O–H groups in total. The third-order valence-electron chi connectivity index (χ3n) is 2.95. The Morgan fingerprint density at radius 3 is 2.71 bits per heavy atom. The lowest BCUT2D eigenvalue weighted by Crippen LogP contribution is -2.26. The van der Waals surface area contributed by atoms with E-state index in [1.165, 1.54) is 0 Å².